The van der Waals surface area contributed by atoms with Crippen molar-refractivity contribution in [1.29, 1.82) is 0 Å². The number of piperazine rings is 1. The minimum absolute atomic E-state index is 0.0235. The second-order valence-electron chi connectivity index (χ2n) is 4.72. The Kier molecular flexibility index (Phi) is 4.47. The van der Waals surface area contributed by atoms with Crippen LogP contribution in [0.2, 0.25) is 0 Å². The predicted molar refractivity (Wildman–Crippen MR) is 72.5 cm³/mol. The molecule has 0 aromatic carbocycles. The summed E-state index contributed by atoms with van der Waals surface area (Å²) in [6, 6.07) is 0. The van der Waals surface area contributed by atoms with Crippen LogP contribution in [-0.4, -0.2) is 61.5 Å². The van der Waals surface area contributed by atoms with Gasteiger partial charge < -0.3 is 5.73 Å². The minimum atomic E-state index is -4.27. The van der Waals surface area contributed by atoms with Gasteiger partial charge in [0, 0.05) is 26.2 Å². The SMILES string of the molecule is Cc1nc(N)sc1S(=O)(=O)N1CCN(CC(F)(F)F)CC1. The molecule has 11 heteroatoms. The van der Waals surface area contributed by atoms with Gasteiger partial charge in [-0.05, 0) is 6.92 Å². The molecule has 1 aromatic rings. The molecular weight excluding hydrogens is 329 g/mol. The number of alkyl halides is 3. The lowest BCUT2D eigenvalue weighted by atomic mass is 10.3. The molecule has 120 valence electrons. The van der Waals surface area contributed by atoms with Crippen LogP contribution in [-0.2, 0) is 10.0 Å². The number of nitrogens with two attached hydrogens (primary N) is 1. The summed E-state index contributed by atoms with van der Waals surface area (Å²) >= 11 is 0.869. The number of thiazole rings is 1. The summed E-state index contributed by atoms with van der Waals surface area (Å²) in [5.41, 5.74) is 5.80. The van der Waals surface area contributed by atoms with E-state index in [9.17, 15) is 21.6 Å². The van der Waals surface area contributed by atoms with Gasteiger partial charge in [0.15, 0.2) is 9.34 Å². The Bertz CT molecular complexity index is 606. The van der Waals surface area contributed by atoms with Gasteiger partial charge in [-0.2, -0.15) is 17.5 Å². The maximum Gasteiger partial charge on any atom is 0.401 e. The number of hydrogen-bond acceptors (Lipinski definition) is 6. The average molecular weight is 344 g/mol. The van der Waals surface area contributed by atoms with Crippen molar-refractivity contribution in [3.05, 3.63) is 5.69 Å². The van der Waals surface area contributed by atoms with E-state index in [1.807, 2.05) is 0 Å². The van der Waals surface area contributed by atoms with E-state index in [0.29, 0.717) is 5.69 Å². The largest absolute Gasteiger partial charge is 0.401 e. The first-order valence-electron chi connectivity index (χ1n) is 6.12. The molecule has 0 saturated carbocycles. The average Bonchev–Trinajstić information content (AvgIpc) is 2.68. The van der Waals surface area contributed by atoms with Gasteiger partial charge in [-0.3, -0.25) is 4.90 Å². The van der Waals surface area contributed by atoms with Gasteiger partial charge in [0.25, 0.3) is 10.0 Å². The molecule has 1 aliphatic heterocycles. The highest BCUT2D eigenvalue weighted by molar-refractivity contribution is 7.91. The Morgan fingerprint density at radius 3 is 2.29 bits per heavy atom. The van der Waals surface area contributed by atoms with Gasteiger partial charge >= 0.3 is 6.18 Å². The van der Waals surface area contributed by atoms with Crippen molar-refractivity contribution >= 4 is 26.5 Å². The predicted octanol–water partition coefficient (Wildman–Crippen LogP) is 0.902. The van der Waals surface area contributed by atoms with E-state index < -0.39 is 22.7 Å². The Morgan fingerprint density at radius 1 is 1.29 bits per heavy atom. The molecule has 1 aromatic heterocycles. The summed E-state index contributed by atoms with van der Waals surface area (Å²) in [5.74, 6) is 0. The van der Waals surface area contributed by atoms with E-state index in [2.05, 4.69) is 4.98 Å². The first-order chi connectivity index (χ1) is 9.59. The minimum Gasteiger partial charge on any atom is -0.375 e. The third-order valence-corrected chi connectivity index (χ3v) is 6.55. The molecule has 0 atom stereocenters. The molecule has 2 N–H and O–H groups in total. The van der Waals surface area contributed by atoms with E-state index in [4.69, 9.17) is 5.73 Å². The number of rotatable bonds is 3. The molecule has 6 nitrogen and oxygen atoms in total. The lowest BCUT2D eigenvalue weighted by Gasteiger charge is -2.33. The number of sulfonamides is 1. The fraction of sp³-hybridized carbons (Fsp3) is 0.700. The van der Waals surface area contributed by atoms with Crippen LogP contribution in [0.4, 0.5) is 18.3 Å². The van der Waals surface area contributed by atoms with Crippen LogP contribution in [0.1, 0.15) is 5.69 Å². The van der Waals surface area contributed by atoms with E-state index in [1.165, 1.54) is 9.21 Å². The molecule has 0 bridgehead atoms. The smallest absolute Gasteiger partial charge is 0.375 e. The third kappa shape index (κ3) is 3.84. The number of nitrogen functional groups attached to an aromatic ring is 1. The molecule has 0 aliphatic carbocycles. The summed E-state index contributed by atoms with van der Waals surface area (Å²) in [4.78, 5) is 5.06. The van der Waals surface area contributed by atoms with Gasteiger partial charge in [0.2, 0.25) is 0 Å². The number of halogens is 3. The first-order valence-corrected chi connectivity index (χ1v) is 8.37. The zero-order chi connectivity index (χ0) is 15.8. The number of aromatic nitrogens is 1. The van der Waals surface area contributed by atoms with Crippen molar-refractivity contribution < 1.29 is 21.6 Å². The second-order valence-corrected chi connectivity index (χ2v) is 7.88. The van der Waals surface area contributed by atoms with Crippen LogP contribution in [0.25, 0.3) is 0 Å². The van der Waals surface area contributed by atoms with Gasteiger partial charge in [-0.25, -0.2) is 13.4 Å². The van der Waals surface area contributed by atoms with Crippen LogP contribution >= 0.6 is 11.3 Å². The maximum absolute atomic E-state index is 12.4. The molecule has 0 unspecified atom stereocenters. The molecule has 2 rings (SSSR count). The highest BCUT2D eigenvalue weighted by atomic mass is 32.2. The molecule has 2 heterocycles. The normalized spacial score (nSPS) is 19.0. The van der Waals surface area contributed by atoms with Gasteiger partial charge in [-0.15, -0.1) is 0 Å². The fourth-order valence-electron chi connectivity index (χ4n) is 2.14. The highest BCUT2D eigenvalue weighted by Gasteiger charge is 2.36. The summed E-state index contributed by atoms with van der Waals surface area (Å²) in [7, 11) is -3.74. The van der Waals surface area contributed by atoms with Crippen molar-refractivity contribution in [3.8, 4) is 0 Å². The van der Waals surface area contributed by atoms with Gasteiger partial charge in [0.1, 0.15) is 0 Å². The lowest BCUT2D eigenvalue weighted by molar-refractivity contribution is -0.148. The molecule has 1 aliphatic rings. The Balaban J connectivity index is 2.06. The van der Waals surface area contributed by atoms with Gasteiger partial charge in [0.05, 0.1) is 12.2 Å². The molecule has 0 radical (unpaired) electrons. The van der Waals surface area contributed by atoms with Crippen LogP contribution in [0.5, 0.6) is 0 Å². The standard InChI is InChI=1S/C10H15F3N4O2S2/c1-7-8(20-9(14)15-7)21(18,19)17-4-2-16(3-5-17)6-10(11,12)13/h2-6H2,1H3,(H2,14,15). The van der Waals surface area contributed by atoms with E-state index in [1.54, 1.807) is 6.92 Å². The van der Waals surface area contributed by atoms with E-state index in [0.717, 1.165) is 11.3 Å². The van der Waals surface area contributed by atoms with E-state index >= 15 is 0 Å². The topological polar surface area (TPSA) is 79.5 Å². The van der Waals surface area contributed by atoms with Crippen LogP contribution < -0.4 is 5.73 Å². The molecule has 0 amide bonds. The quantitative estimate of drug-likeness (QED) is 0.881. The number of anilines is 1. The third-order valence-electron chi connectivity index (χ3n) is 3.08. The Labute approximate surface area is 124 Å². The van der Waals surface area contributed by atoms with Crippen molar-refractivity contribution in [1.82, 2.24) is 14.2 Å². The second kappa shape index (κ2) is 5.71. The Morgan fingerprint density at radius 2 is 1.86 bits per heavy atom. The zero-order valence-corrected chi connectivity index (χ0v) is 12.9. The van der Waals surface area contributed by atoms with Crippen LogP contribution in [0.3, 0.4) is 0 Å². The zero-order valence-electron chi connectivity index (χ0n) is 11.2. The molecule has 21 heavy (non-hydrogen) atoms. The van der Waals surface area contributed by atoms with Crippen molar-refractivity contribution in [2.75, 3.05) is 38.5 Å². The molecular formula is C10H15F3N4O2S2. The Hall–Kier alpha value is -0.910. The monoisotopic (exact) mass is 344 g/mol. The van der Waals surface area contributed by atoms with Crippen molar-refractivity contribution in [3.63, 3.8) is 0 Å². The summed E-state index contributed by atoms with van der Waals surface area (Å²) < 4.78 is 63.0. The fourth-order valence-corrected chi connectivity index (χ4v) is 5.00. The maximum atomic E-state index is 12.4. The summed E-state index contributed by atoms with van der Waals surface area (Å²) in [6.45, 7) is 0.663. The first kappa shape index (κ1) is 16.5. The van der Waals surface area contributed by atoms with Crippen LogP contribution in [0.15, 0.2) is 4.21 Å². The lowest BCUT2D eigenvalue weighted by Crippen LogP contribution is -2.50. The van der Waals surface area contributed by atoms with Crippen molar-refractivity contribution in [2.45, 2.75) is 17.3 Å². The number of aryl methyl sites for hydroxylation is 1. The van der Waals surface area contributed by atoms with Gasteiger partial charge in [-0.1, -0.05) is 11.3 Å². The molecule has 1 saturated heterocycles. The van der Waals surface area contributed by atoms with E-state index in [-0.39, 0.29) is 35.5 Å². The van der Waals surface area contributed by atoms with Crippen molar-refractivity contribution in [2.24, 2.45) is 0 Å². The number of hydrogen-bond donors (Lipinski definition) is 1. The summed E-state index contributed by atoms with van der Waals surface area (Å²) in [5, 5.41) is 0.154. The molecule has 1 fully saturated rings. The number of nitrogens with zero attached hydrogens (tertiary/aromatic N) is 3. The highest BCUT2D eigenvalue weighted by Crippen LogP contribution is 2.28. The van der Waals surface area contributed by atoms with Crippen LogP contribution in [0, 0.1) is 6.92 Å². The summed E-state index contributed by atoms with van der Waals surface area (Å²) in [6.07, 6.45) is -4.27. The molecule has 0 spiro atoms.